The number of rotatable bonds is 7. The van der Waals surface area contributed by atoms with Gasteiger partial charge in [0.1, 0.15) is 10.5 Å². The number of thiazole rings is 1. The third kappa shape index (κ3) is 4.80. The smallest absolute Gasteiger partial charge is 0.266 e. The van der Waals surface area contributed by atoms with Crippen molar-refractivity contribution in [1.29, 1.82) is 0 Å². The molecule has 4 rings (SSSR count). The van der Waals surface area contributed by atoms with Gasteiger partial charge >= 0.3 is 0 Å². The topological polar surface area (TPSA) is 16.4 Å². The fraction of sp³-hybridized carbons (Fsp3) is 0.250. The number of ether oxygens (including phenoxy) is 1. The molecule has 0 aliphatic carbocycles. The first-order valence-corrected chi connectivity index (χ1v) is 12.7. The normalized spacial score (nSPS) is 14.8. The van der Waals surface area contributed by atoms with E-state index < -0.39 is 0 Å². The van der Waals surface area contributed by atoms with Crippen LogP contribution in [-0.4, -0.2) is 13.7 Å². The Morgan fingerprint density at radius 1 is 1.15 bits per heavy atom. The van der Waals surface area contributed by atoms with Gasteiger partial charge in [-0.3, -0.25) is 0 Å². The largest absolute Gasteiger partial charge is 0.496 e. The van der Waals surface area contributed by atoms with Gasteiger partial charge in [-0.05, 0) is 68.7 Å². The summed E-state index contributed by atoms with van der Waals surface area (Å²) in [5.74, 6) is 0.836. The number of anilines is 1. The van der Waals surface area contributed by atoms with Gasteiger partial charge in [-0.1, -0.05) is 47.9 Å². The van der Waals surface area contributed by atoms with Crippen molar-refractivity contribution in [2.24, 2.45) is 0 Å². The summed E-state index contributed by atoms with van der Waals surface area (Å²) in [6.07, 6.45) is 4.29. The second-order valence-corrected chi connectivity index (χ2v) is 10.6. The van der Waals surface area contributed by atoms with Crippen LogP contribution in [0.15, 0.2) is 76.9 Å². The van der Waals surface area contributed by atoms with Crippen LogP contribution >= 0.6 is 23.1 Å². The summed E-state index contributed by atoms with van der Waals surface area (Å²) < 4.78 is 9.41. The number of aromatic nitrogens is 1. The summed E-state index contributed by atoms with van der Waals surface area (Å²) in [6, 6.07) is 13.2. The highest BCUT2D eigenvalue weighted by Gasteiger charge is 2.25. The number of hydrogen-bond acceptors (Lipinski definition) is 4. The Hall–Kier alpha value is -2.76. The molecule has 0 unspecified atom stereocenters. The Kier molecular flexibility index (Phi) is 6.82. The van der Waals surface area contributed by atoms with Crippen molar-refractivity contribution in [2.75, 3.05) is 18.6 Å². The first kappa shape index (κ1) is 23.4. The minimum absolute atomic E-state index is 0.770. The van der Waals surface area contributed by atoms with Crippen molar-refractivity contribution in [1.82, 2.24) is 0 Å². The predicted octanol–water partition coefficient (Wildman–Crippen LogP) is 7.57. The standard InChI is InChI=1S/C28H31N2OS2/c1-8-29-23-11-9-20(6)13-25(23)32-27(29)15-22(31-7)16-28-30(17-18(2)3)24-12-10-21(19(4)5)14-26(24)33-28/h9-16H,2,4,8,17H2,1,3,5-7H3/q+1. The maximum absolute atomic E-state index is 5.85. The van der Waals surface area contributed by atoms with E-state index in [9.17, 15) is 0 Å². The van der Waals surface area contributed by atoms with E-state index in [1.54, 1.807) is 30.2 Å². The molecule has 0 radical (unpaired) electrons. The van der Waals surface area contributed by atoms with Crippen molar-refractivity contribution in [3.63, 3.8) is 0 Å². The van der Waals surface area contributed by atoms with Crippen LogP contribution in [0.3, 0.4) is 0 Å². The zero-order chi connectivity index (χ0) is 23.7. The minimum atomic E-state index is 0.770. The lowest BCUT2D eigenvalue weighted by atomic mass is 10.1. The van der Waals surface area contributed by atoms with Crippen molar-refractivity contribution >= 4 is 50.7 Å². The van der Waals surface area contributed by atoms with Gasteiger partial charge in [0, 0.05) is 23.6 Å². The minimum Gasteiger partial charge on any atom is -0.496 e. The van der Waals surface area contributed by atoms with Gasteiger partial charge in [-0.25, -0.2) is 0 Å². The molecule has 0 N–H and O–H groups in total. The number of methoxy groups -OCH3 is 1. The Labute approximate surface area is 205 Å². The number of benzene rings is 2. The average molecular weight is 476 g/mol. The summed E-state index contributed by atoms with van der Waals surface area (Å²) >= 11 is 3.57. The molecule has 2 heterocycles. The van der Waals surface area contributed by atoms with Gasteiger partial charge in [0.2, 0.25) is 5.52 Å². The molecule has 170 valence electrons. The number of aryl methyl sites for hydroxylation is 1. The summed E-state index contributed by atoms with van der Waals surface area (Å²) in [4.78, 5) is 3.64. The molecule has 0 bridgehead atoms. The number of nitrogens with zero attached hydrogens (tertiary/aromatic N) is 2. The molecule has 3 nitrogen and oxygen atoms in total. The fourth-order valence-corrected chi connectivity index (χ4v) is 6.37. The van der Waals surface area contributed by atoms with E-state index in [1.807, 2.05) is 6.92 Å². The molecule has 0 fully saturated rings. The van der Waals surface area contributed by atoms with Crippen LogP contribution in [0.1, 0.15) is 36.9 Å². The maximum atomic E-state index is 5.85. The van der Waals surface area contributed by atoms with Crippen LogP contribution in [0.5, 0.6) is 0 Å². The molecule has 0 saturated carbocycles. The van der Waals surface area contributed by atoms with Crippen LogP contribution in [0.4, 0.5) is 5.69 Å². The molecule has 0 spiro atoms. The quantitative estimate of drug-likeness (QED) is 0.199. The van der Waals surface area contributed by atoms with E-state index in [0.717, 1.165) is 35.0 Å². The van der Waals surface area contributed by atoms with E-state index in [-0.39, 0.29) is 0 Å². The lowest BCUT2D eigenvalue weighted by Gasteiger charge is -2.18. The van der Waals surface area contributed by atoms with Crippen LogP contribution in [0.2, 0.25) is 0 Å². The molecule has 0 atom stereocenters. The second-order valence-electron chi connectivity index (χ2n) is 8.50. The Morgan fingerprint density at radius 2 is 1.94 bits per heavy atom. The van der Waals surface area contributed by atoms with Crippen molar-refractivity contribution in [3.8, 4) is 0 Å². The zero-order valence-corrected chi connectivity index (χ0v) is 21.7. The monoisotopic (exact) mass is 475 g/mol. The van der Waals surface area contributed by atoms with Gasteiger partial charge in [0.25, 0.3) is 5.01 Å². The summed E-state index contributed by atoms with van der Waals surface area (Å²) in [6.45, 7) is 18.4. The van der Waals surface area contributed by atoms with E-state index in [2.05, 4.69) is 91.9 Å². The second kappa shape index (κ2) is 9.62. The Balaban J connectivity index is 1.78. The average Bonchev–Trinajstić information content (AvgIpc) is 3.28. The van der Waals surface area contributed by atoms with E-state index in [1.165, 1.54) is 37.0 Å². The molecular weight excluding hydrogens is 444 g/mol. The van der Waals surface area contributed by atoms with Crippen molar-refractivity contribution in [2.45, 2.75) is 39.1 Å². The summed E-state index contributed by atoms with van der Waals surface area (Å²) in [5.41, 5.74) is 7.11. The number of thioether (sulfide) groups is 1. The highest BCUT2D eigenvalue weighted by molar-refractivity contribution is 8.03. The fourth-order valence-electron chi connectivity index (χ4n) is 3.96. The van der Waals surface area contributed by atoms with Gasteiger partial charge in [-0.15, -0.1) is 0 Å². The first-order valence-electron chi connectivity index (χ1n) is 11.1. The number of hydrogen-bond donors (Lipinski definition) is 0. The summed E-state index contributed by atoms with van der Waals surface area (Å²) in [7, 11) is 1.74. The van der Waals surface area contributed by atoms with Gasteiger partial charge in [0.15, 0.2) is 6.54 Å². The van der Waals surface area contributed by atoms with Crippen LogP contribution in [0.25, 0.3) is 21.9 Å². The third-order valence-corrected chi connectivity index (χ3v) is 7.81. The highest BCUT2D eigenvalue weighted by atomic mass is 32.2. The molecular formula is C28H31N2OS2+. The number of fused-ring (bicyclic) bond motifs is 2. The van der Waals surface area contributed by atoms with Crippen LogP contribution in [0, 0.1) is 6.92 Å². The molecule has 33 heavy (non-hydrogen) atoms. The van der Waals surface area contributed by atoms with E-state index in [0.29, 0.717) is 0 Å². The van der Waals surface area contributed by atoms with Crippen molar-refractivity contribution < 1.29 is 9.30 Å². The Morgan fingerprint density at radius 3 is 2.61 bits per heavy atom. The van der Waals surface area contributed by atoms with Crippen molar-refractivity contribution in [3.05, 3.63) is 88.1 Å². The zero-order valence-electron chi connectivity index (χ0n) is 20.1. The molecule has 5 heteroatoms. The SMILES string of the molecule is C=C(C)C[n+]1c(/C=C(/C=C2\Sc3cc(C)ccc3N2CC)OC)sc2cc(C(=C)C)ccc21. The summed E-state index contributed by atoms with van der Waals surface area (Å²) in [5, 5.41) is 2.32. The number of allylic oxidation sites excluding steroid dienone is 3. The third-order valence-electron chi connectivity index (χ3n) is 5.62. The van der Waals surface area contributed by atoms with Gasteiger partial charge in [0.05, 0.1) is 23.9 Å². The highest BCUT2D eigenvalue weighted by Crippen LogP contribution is 2.46. The lowest BCUT2D eigenvalue weighted by Crippen LogP contribution is -2.35. The first-order chi connectivity index (χ1) is 15.8. The molecule has 0 saturated heterocycles. The van der Waals surface area contributed by atoms with E-state index >= 15 is 0 Å². The lowest BCUT2D eigenvalue weighted by molar-refractivity contribution is -0.660. The van der Waals surface area contributed by atoms with E-state index in [4.69, 9.17) is 4.74 Å². The Bertz CT molecular complexity index is 1310. The molecule has 3 aromatic rings. The molecule has 1 aliphatic heterocycles. The molecule has 1 aromatic heterocycles. The van der Waals surface area contributed by atoms with Gasteiger partial charge < -0.3 is 9.64 Å². The van der Waals surface area contributed by atoms with Gasteiger partial charge in [-0.2, -0.15) is 4.57 Å². The molecule has 2 aromatic carbocycles. The van der Waals surface area contributed by atoms with Crippen LogP contribution < -0.4 is 9.47 Å². The maximum Gasteiger partial charge on any atom is 0.266 e. The molecule has 1 aliphatic rings. The van der Waals surface area contributed by atoms with Crippen LogP contribution in [-0.2, 0) is 11.3 Å². The molecule has 0 amide bonds. The predicted molar refractivity (Wildman–Crippen MR) is 145 cm³/mol.